The number of rotatable bonds is 5. The van der Waals surface area contributed by atoms with Crippen molar-refractivity contribution in [1.29, 1.82) is 0 Å². The molecular formula is C23H24N6OS2. The van der Waals surface area contributed by atoms with Crippen LogP contribution in [0, 0.1) is 5.92 Å². The largest absolute Gasteiger partial charge is 0.338 e. The number of carbonyl (C=O) groups is 1. The summed E-state index contributed by atoms with van der Waals surface area (Å²) in [4.78, 5) is 30.1. The quantitative estimate of drug-likeness (QED) is 0.600. The van der Waals surface area contributed by atoms with Crippen LogP contribution in [0.3, 0.4) is 0 Å². The molecule has 1 saturated carbocycles. The van der Waals surface area contributed by atoms with Gasteiger partial charge in [0, 0.05) is 59.2 Å². The van der Waals surface area contributed by atoms with Gasteiger partial charge in [-0.05, 0) is 31.0 Å². The van der Waals surface area contributed by atoms with Crippen molar-refractivity contribution in [2.24, 2.45) is 5.92 Å². The van der Waals surface area contributed by atoms with Gasteiger partial charge in [-0.25, -0.2) is 9.97 Å². The lowest BCUT2D eigenvalue weighted by Crippen LogP contribution is -2.60. The maximum absolute atomic E-state index is 12.8. The number of nitrogens with one attached hydrogen (secondary N) is 2. The van der Waals surface area contributed by atoms with E-state index in [0.29, 0.717) is 17.4 Å². The first-order valence-electron chi connectivity index (χ1n) is 10.9. The summed E-state index contributed by atoms with van der Waals surface area (Å²) in [5.41, 5.74) is 3.24. The van der Waals surface area contributed by atoms with Gasteiger partial charge >= 0.3 is 0 Å². The molecule has 3 unspecified atom stereocenters. The molecule has 2 saturated heterocycles. The zero-order valence-corrected chi connectivity index (χ0v) is 19.1. The Bertz CT molecular complexity index is 1110. The van der Waals surface area contributed by atoms with Gasteiger partial charge in [0.15, 0.2) is 0 Å². The van der Waals surface area contributed by atoms with Gasteiger partial charge in [-0.15, -0.1) is 23.1 Å². The van der Waals surface area contributed by atoms with E-state index in [0.717, 1.165) is 30.5 Å². The molecule has 1 aliphatic carbocycles. The van der Waals surface area contributed by atoms with Gasteiger partial charge in [0.25, 0.3) is 5.91 Å². The molecule has 1 aromatic carbocycles. The number of nitrogens with zero attached hydrogens (tertiary/aromatic N) is 4. The number of thiazole rings is 1. The number of hydrogen-bond acceptors (Lipinski definition) is 8. The highest BCUT2D eigenvalue weighted by Gasteiger charge is 2.53. The summed E-state index contributed by atoms with van der Waals surface area (Å²) in [6.45, 7) is 1.64. The number of amides is 1. The Morgan fingerprint density at radius 2 is 2.09 bits per heavy atom. The zero-order valence-electron chi connectivity index (χ0n) is 17.5. The summed E-state index contributed by atoms with van der Waals surface area (Å²) in [6.07, 6.45) is 6.31. The molecular weight excluding hydrogens is 440 g/mol. The van der Waals surface area contributed by atoms with Crippen molar-refractivity contribution in [1.82, 2.24) is 25.6 Å². The molecule has 3 aromatic rings. The van der Waals surface area contributed by atoms with Gasteiger partial charge in [-0.3, -0.25) is 15.1 Å². The summed E-state index contributed by atoms with van der Waals surface area (Å²) in [7, 11) is 0. The third-order valence-electron chi connectivity index (χ3n) is 6.54. The van der Waals surface area contributed by atoms with Crippen LogP contribution in [0.2, 0.25) is 0 Å². The molecule has 9 heteroatoms. The van der Waals surface area contributed by atoms with E-state index in [1.54, 1.807) is 23.1 Å². The first kappa shape index (κ1) is 20.1. The SMILES string of the molecule is O=C(NC1NC2(c3cncs3)CN(c3nccc(C4CC4)n3)CC2CS1)c1ccccc1. The van der Waals surface area contributed by atoms with Gasteiger partial charge in [0.2, 0.25) is 5.95 Å². The van der Waals surface area contributed by atoms with E-state index in [9.17, 15) is 4.79 Å². The van der Waals surface area contributed by atoms with Gasteiger partial charge in [-0.1, -0.05) is 18.2 Å². The zero-order chi connectivity index (χ0) is 21.5. The molecule has 6 rings (SSSR count). The normalized spacial score (nSPS) is 27.2. The third-order valence-corrected chi connectivity index (χ3v) is 8.66. The maximum atomic E-state index is 12.8. The fourth-order valence-electron chi connectivity index (χ4n) is 4.69. The predicted molar refractivity (Wildman–Crippen MR) is 127 cm³/mol. The van der Waals surface area contributed by atoms with Crippen LogP contribution in [0.1, 0.15) is 39.7 Å². The Kier molecular flexibility index (Phi) is 5.12. The first-order valence-corrected chi connectivity index (χ1v) is 12.9. The highest BCUT2D eigenvalue weighted by atomic mass is 32.2. The first-order chi connectivity index (χ1) is 15.7. The van der Waals surface area contributed by atoms with Crippen LogP contribution >= 0.6 is 23.1 Å². The molecule has 3 aliphatic rings. The Hall–Kier alpha value is -2.49. The standard InChI is InChI=1S/C23H24N6OS2/c30-20(16-4-2-1-3-5-16)27-22-28-23(19-10-24-14-32-19)13-29(11-17(23)12-31-22)21-25-9-8-18(26-21)15-6-7-15/h1-5,8-10,14-15,17,22,28H,6-7,11-13H2,(H,27,30). The van der Waals surface area contributed by atoms with Gasteiger partial charge < -0.3 is 10.2 Å². The monoisotopic (exact) mass is 464 g/mol. The van der Waals surface area contributed by atoms with Crippen molar-refractivity contribution >= 4 is 35.0 Å². The average Bonchev–Trinajstić information content (AvgIpc) is 3.38. The van der Waals surface area contributed by atoms with E-state index >= 15 is 0 Å². The highest BCUT2D eigenvalue weighted by molar-refractivity contribution is 7.99. The Labute approximate surface area is 195 Å². The van der Waals surface area contributed by atoms with Crippen LogP contribution in [-0.2, 0) is 5.54 Å². The lowest BCUT2D eigenvalue weighted by Gasteiger charge is -2.42. The minimum atomic E-state index is -0.292. The predicted octanol–water partition coefficient (Wildman–Crippen LogP) is 3.19. The van der Waals surface area contributed by atoms with Crippen molar-refractivity contribution in [3.63, 3.8) is 0 Å². The van der Waals surface area contributed by atoms with Crippen LogP contribution in [0.4, 0.5) is 5.95 Å². The van der Waals surface area contributed by atoms with E-state index < -0.39 is 0 Å². The second-order valence-corrected chi connectivity index (χ2v) is 10.7. The Morgan fingerprint density at radius 3 is 2.88 bits per heavy atom. The minimum Gasteiger partial charge on any atom is -0.338 e. The van der Waals surface area contributed by atoms with Crippen LogP contribution < -0.4 is 15.5 Å². The summed E-state index contributed by atoms with van der Waals surface area (Å²) in [5, 5.41) is 6.95. The second-order valence-electron chi connectivity index (χ2n) is 8.67. The number of carbonyl (C=O) groups excluding carboxylic acids is 1. The summed E-state index contributed by atoms with van der Waals surface area (Å²) < 4.78 is 0. The Morgan fingerprint density at radius 1 is 1.22 bits per heavy atom. The van der Waals surface area contributed by atoms with Crippen molar-refractivity contribution in [2.45, 2.75) is 29.8 Å². The topological polar surface area (TPSA) is 83.0 Å². The molecule has 2 aliphatic heterocycles. The smallest absolute Gasteiger partial charge is 0.253 e. The lowest BCUT2D eigenvalue weighted by atomic mass is 9.87. The van der Waals surface area contributed by atoms with Gasteiger partial charge in [-0.2, -0.15) is 0 Å². The number of hydrogen-bond donors (Lipinski definition) is 2. The summed E-state index contributed by atoms with van der Waals surface area (Å²) in [5.74, 6) is 2.64. The van der Waals surface area contributed by atoms with E-state index in [1.165, 1.54) is 17.7 Å². The van der Waals surface area contributed by atoms with Crippen molar-refractivity contribution < 1.29 is 4.79 Å². The maximum Gasteiger partial charge on any atom is 0.253 e. The number of aromatic nitrogens is 3. The molecule has 0 bridgehead atoms. The number of thioether (sulfide) groups is 1. The molecule has 164 valence electrons. The van der Waals surface area contributed by atoms with Crippen molar-refractivity contribution in [3.8, 4) is 0 Å². The molecule has 3 fully saturated rings. The van der Waals surface area contributed by atoms with Gasteiger partial charge in [0.1, 0.15) is 5.50 Å². The highest BCUT2D eigenvalue weighted by Crippen LogP contribution is 2.46. The number of fused-ring (bicyclic) bond motifs is 1. The summed E-state index contributed by atoms with van der Waals surface area (Å²) >= 11 is 3.41. The van der Waals surface area contributed by atoms with Crippen LogP contribution in [0.15, 0.2) is 54.3 Å². The lowest BCUT2D eigenvalue weighted by molar-refractivity contribution is 0.0934. The van der Waals surface area contributed by atoms with E-state index in [-0.39, 0.29) is 16.9 Å². The molecule has 3 atom stereocenters. The van der Waals surface area contributed by atoms with Crippen LogP contribution in [0.5, 0.6) is 0 Å². The average molecular weight is 465 g/mol. The van der Waals surface area contributed by atoms with Crippen molar-refractivity contribution in [3.05, 3.63) is 70.4 Å². The van der Waals surface area contributed by atoms with E-state index in [2.05, 4.69) is 25.5 Å². The molecule has 4 heterocycles. The third kappa shape index (κ3) is 3.68. The molecule has 2 aromatic heterocycles. The fourth-order valence-corrected chi connectivity index (χ4v) is 6.85. The second kappa shape index (κ2) is 8.13. The molecule has 32 heavy (non-hydrogen) atoms. The van der Waals surface area contributed by atoms with E-state index in [4.69, 9.17) is 4.98 Å². The van der Waals surface area contributed by atoms with E-state index in [1.807, 2.05) is 54.3 Å². The molecule has 7 nitrogen and oxygen atoms in total. The molecule has 2 N–H and O–H groups in total. The van der Waals surface area contributed by atoms with Gasteiger partial charge in [0.05, 0.1) is 11.0 Å². The fraction of sp³-hybridized carbons (Fsp3) is 0.391. The summed E-state index contributed by atoms with van der Waals surface area (Å²) in [6, 6.07) is 11.4. The number of benzene rings is 1. The molecule has 0 spiro atoms. The number of anilines is 1. The van der Waals surface area contributed by atoms with Crippen LogP contribution in [-0.4, -0.2) is 45.2 Å². The minimum absolute atomic E-state index is 0.0659. The van der Waals surface area contributed by atoms with Crippen LogP contribution in [0.25, 0.3) is 0 Å². The Balaban J connectivity index is 1.26. The molecule has 1 amide bonds. The molecule has 0 radical (unpaired) electrons. The van der Waals surface area contributed by atoms with Crippen molar-refractivity contribution in [2.75, 3.05) is 23.7 Å².